The average molecular weight is 271 g/mol. The highest BCUT2D eigenvalue weighted by atomic mass is 16.6. The number of alkyl carbamates (subject to hydrolysis) is 1. The zero-order valence-electron chi connectivity index (χ0n) is 12.4. The molecule has 0 unspecified atom stereocenters. The molecule has 0 radical (unpaired) electrons. The first kappa shape index (κ1) is 15.8. The fraction of sp³-hybridized carbons (Fsp3) is 0.857. The minimum atomic E-state index is -0.477. The van der Waals surface area contributed by atoms with Gasteiger partial charge in [0.1, 0.15) is 6.61 Å². The monoisotopic (exact) mass is 271 g/mol. The maximum atomic E-state index is 12.0. The van der Waals surface area contributed by atoms with Gasteiger partial charge in [0, 0.05) is 0 Å². The smallest absolute Gasteiger partial charge is 0.407 e. The molecule has 1 amide bonds. The first-order valence-electron chi connectivity index (χ1n) is 6.87. The average Bonchev–Trinajstić information content (AvgIpc) is 3.03. The molecule has 0 heterocycles. The van der Waals surface area contributed by atoms with Crippen molar-refractivity contribution in [2.24, 2.45) is 10.8 Å². The van der Waals surface area contributed by atoms with E-state index in [9.17, 15) is 9.59 Å². The molecule has 1 rings (SSSR count). The molecule has 0 aromatic rings. The highest BCUT2D eigenvalue weighted by molar-refractivity contribution is 5.80. The van der Waals surface area contributed by atoms with E-state index in [0.717, 1.165) is 19.3 Å². The summed E-state index contributed by atoms with van der Waals surface area (Å²) in [6.45, 7) is 8.94. The third-order valence-corrected chi connectivity index (χ3v) is 3.04. The van der Waals surface area contributed by atoms with Gasteiger partial charge in [0.25, 0.3) is 0 Å². The lowest BCUT2D eigenvalue weighted by atomic mass is 9.83. The summed E-state index contributed by atoms with van der Waals surface area (Å²) in [5.74, 6) is -0.131. The summed E-state index contributed by atoms with van der Waals surface area (Å²) in [4.78, 5) is 23.0. The van der Waals surface area contributed by atoms with E-state index in [-0.39, 0.29) is 30.0 Å². The maximum Gasteiger partial charge on any atom is 0.407 e. The zero-order chi connectivity index (χ0) is 14.5. The Hall–Kier alpha value is -1.26. The van der Waals surface area contributed by atoms with E-state index in [1.165, 1.54) is 0 Å². The van der Waals surface area contributed by atoms with Gasteiger partial charge in [-0.2, -0.15) is 0 Å². The SMILES string of the molecule is CCOC(=O)NCCOC(=O)C1(CC(C)(C)C)CC1. The second-order valence-electron chi connectivity index (χ2n) is 6.30. The van der Waals surface area contributed by atoms with E-state index in [1.807, 2.05) is 0 Å². The summed E-state index contributed by atoms with van der Waals surface area (Å²) in [6, 6.07) is 0. The number of rotatable bonds is 6. The summed E-state index contributed by atoms with van der Waals surface area (Å²) < 4.78 is 9.94. The lowest BCUT2D eigenvalue weighted by Crippen LogP contribution is -2.31. The van der Waals surface area contributed by atoms with Crippen LogP contribution >= 0.6 is 0 Å². The molecule has 0 aliphatic heterocycles. The zero-order valence-corrected chi connectivity index (χ0v) is 12.4. The van der Waals surface area contributed by atoms with Crippen molar-refractivity contribution < 1.29 is 19.1 Å². The lowest BCUT2D eigenvalue weighted by molar-refractivity contribution is -0.151. The van der Waals surface area contributed by atoms with E-state index in [4.69, 9.17) is 9.47 Å². The second kappa shape index (κ2) is 6.26. The molecule has 19 heavy (non-hydrogen) atoms. The van der Waals surface area contributed by atoms with Gasteiger partial charge in [-0.05, 0) is 31.6 Å². The third kappa shape index (κ3) is 5.49. The Morgan fingerprint density at radius 3 is 2.32 bits per heavy atom. The summed E-state index contributed by atoms with van der Waals surface area (Å²) in [5, 5.41) is 2.52. The van der Waals surface area contributed by atoms with Crippen molar-refractivity contribution >= 4 is 12.1 Å². The van der Waals surface area contributed by atoms with Crippen LogP contribution < -0.4 is 5.32 Å². The van der Waals surface area contributed by atoms with Gasteiger partial charge in [-0.3, -0.25) is 4.79 Å². The number of carbonyl (C=O) groups excluding carboxylic acids is 2. The predicted octanol–water partition coefficient (Wildman–Crippen LogP) is 2.49. The van der Waals surface area contributed by atoms with Crippen molar-refractivity contribution in [3.63, 3.8) is 0 Å². The molecule has 0 bridgehead atoms. The fourth-order valence-corrected chi connectivity index (χ4v) is 2.25. The van der Waals surface area contributed by atoms with Gasteiger partial charge < -0.3 is 14.8 Å². The van der Waals surface area contributed by atoms with Gasteiger partial charge in [-0.1, -0.05) is 20.8 Å². The topological polar surface area (TPSA) is 64.6 Å². The van der Waals surface area contributed by atoms with Crippen LogP contribution in [0.5, 0.6) is 0 Å². The van der Waals surface area contributed by atoms with E-state index >= 15 is 0 Å². The molecule has 5 heteroatoms. The van der Waals surface area contributed by atoms with E-state index in [0.29, 0.717) is 6.61 Å². The predicted molar refractivity (Wildman–Crippen MR) is 71.7 cm³/mol. The quantitative estimate of drug-likeness (QED) is 0.595. The first-order chi connectivity index (χ1) is 8.79. The largest absolute Gasteiger partial charge is 0.463 e. The number of hydrogen-bond acceptors (Lipinski definition) is 4. The molecule has 1 N–H and O–H groups in total. The molecule has 1 aliphatic carbocycles. The molecule has 1 saturated carbocycles. The summed E-state index contributed by atoms with van der Waals surface area (Å²) in [5.41, 5.74) is -0.152. The number of hydrogen-bond donors (Lipinski definition) is 1. The van der Waals surface area contributed by atoms with Crippen LogP contribution in [-0.4, -0.2) is 31.8 Å². The number of amides is 1. The molecule has 0 aromatic heterocycles. The molecule has 1 aliphatic rings. The van der Waals surface area contributed by atoms with Gasteiger partial charge in [0.15, 0.2) is 0 Å². The highest BCUT2D eigenvalue weighted by Crippen LogP contribution is 2.54. The van der Waals surface area contributed by atoms with E-state index < -0.39 is 6.09 Å². The second-order valence-corrected chi connectivity index (χ2v) is 6.30. The third-order valence-electron chi connectivity index (χ3n) is 3.04. The summed E-state index contributed by atoms with van der Waals surface area (Å²) >= 11 is 0. The number of ether oxygens (including phenoxy) is 2. The van der Waals surface area contributed by atoms with Crippen LogP contribution in [0.15, 0.2) is 0 Å². The van der Waals surface area contributed by atoms with Crippen LogP contribution in [0.1, 0.15) is 47.0 Å². The molecule has 0 spiro atoms. The minimum absolute atomic E-state index is 0.124. The summed E-state index contributed by atoms with van der Waals surface area (Å²) in [7, 11) is 0. The normalized spacial score (nSPS) is 16.6. The molecule has 5 nitrogen and oxygen atoms in total. The van der Waals surface area contributed by atoms with Gasteiger partial charge in [-0.25, -0.2) is 4.79 Å². The van der Waals surface area contributed by atoms with Crippen LogP contribution in [0.3, 0.4) is 0 Å². The first-order valence-corrected chi connectivity index (χ1v) is 6.87. The molecular weight excluding hydrogens is 246 g/mol. The van der Waals surface area contributed by atoms with Crippen molar-refractivity contribution in [3.05, 3.63) is 0 Å². The van der Waals surface area contributed by atoms with Gasteiger partial charge >= 0.3 is 12.1 Å². The molecule has 1 fully saturated rings. The Balaban J connectivity index is 2.23. The Bertz CT molecular complexity index is 329. The maximum absolute atomic E-state index is 12.0. The van der Waals surface area contributed by atoms with E-state index in [1.54, 1.807) is 6.92 Å². The molecule has 0 aromatic carbocycles. The van der Waals surface area contributed by atoms with Crippen molar-refractivity contribution in [2.45, 2.75) is 47.0 Å². The lowest BCUT2D eigenvalue weighted by Gasteiger charge is -2.24. The van der Waals surface area contributed by atoms with Crippen LogP contribution in [0.25, 0.3) is 0 Å². The number of nitrogens with one attached hydrogen (secondary N) is 1. The van der Waals surface area contributed by atoms with Gasteiger partial charge in [0.05, 0.1) is 18.6 Å². The molecule has 110 valence electrons. The molecule has 0 saturated heterocycles. The van der Waals surface area contributed by atoms with Crippen molar-refractivity contribution in [3.8, 4) is 0 Å². The van der Waals surface area contributed by atoms with Crippen molar-refractivity contribution in [1.82, 2.24) is 5.32 Å². The Kier molecular flexibility index (Phi) is 5.20. The highest BCUT2D eigenvalue weighted by Gasteiger charge is 2.52. The van der Waals surface area contributed by atoms with E-state index in [2.05, 4.69) is 26.1 Å². The van der Waals surface area contributed by atoms with Crippen LogP contribution in [0.2, 0.25) is 0 Å². The molecular formula is C14H25NO4. The number of esters is 1. The Morgan fingerprint density at radius 2 is 1.84 bits per heavy atom. The Labute approximate surface area is 115 Å². The standard InChI is InChI=1S/C14H25NO4/c1-5-18-12(17)15-8-9-19-11(16)14(6-7-14)10-13(2,3)4/h5-10H2,1-4H3,(H,15,17). The fourth-order valence-electron chi connectivity index (χ4n) is 2.25. The molecule has 0 atom stereocenters. The minimum Gasteiger partial charge on any atom is -0.463 e. The summed E-state index contributed by atoms with van der Waals surface area (Å²) in [6.07, 6.45) is 2.20. The van der Waals surface area contributed by atoms with Crippen molar-refractivity contribution in [2.75, 3.05) is 19.8 Å². The van der Waals surface area contributed by atoms with Crippen molar-refractivity contribution in [1.29, 1.82) is 0 Å². The van der Waals surface area contributed by atoms with Gasteiger partial charge in [0.2, 0.25) is 0 Å². The van der Waals surface area contributed by atoms with Crippen LogP contribution in [-0.2, 0) is 14.3 Å². The van der Waals surface area contributed by atoms with Crippen LogP contribution in [0.4, 0.5) is 4.79 Å². The van der Waals surface area contributed by atoms with Crippen LogP contribution in [0, 0.1) is 10.8 Å². The Morgan fingerprint density at radius 1 is 1.21 bits per heavy atom. The number of carbonyl (C=O) groups is 2. The van der Waals surface area contributed by atoms with Gasteiger partial charge in [-0.15, -0.1) is 0 Å².